The summed E-state index contributed by atoms with van der Waals surface area (Å²) in [6.45, 7) is 1.88. The van der Waals surface area contributed by atoms with Gasteiger partial charge in [-0.2, -0.15) is 0 Å². The molecule has 0 spiro atoms. The monoisotopic (exact) mass is 274 g/mol. The third kappa shape index (κ3) is 2.90. The highest BCUT2D eigenvalue weighted by molar-refractivity contribution is 7.98. The second kappa shape index (κ2) is 5.08. The topological polar surface area (TPSA) is 38.9 Å². The van der Waals surface area contributed by atoms with E-state index in [2.05, 4.69) is 9.97 Å². The van der Waals surface area contributed by atoms with Crippen molar-refractivity contribution >= 4 is 35.0 Å². The van der Waals surface area contributed by atoms with Crippen LogP contribution in [-0.2, 0) is 5.75 Å². The number of hydrogen-bond donors (Lipinski definition) is 0. The zero-order valence-electron chi connectivity index (χ0n) is 8.41. The minimum absolute atomic E-state index is 0.394. The van der Waals surface area contributed by atoms with Gasteiger partial charge in [-0.15, -0.1) is 0 Å². The van der Waals surface area contributed by atoms with Crippen LogP contribution in [0.1, 0.15) is 11.3 Å². The number of nitrogens with zero attached hydrogens (tertiary/aromatic N) is 2. The molecule has 0 unspecified atom stereocenters. The number of rotatable bonds is 3. The Balaban J connectivity index is 2.04. The summed E-state index contributed by atoms with van der Waals surface area (Å²) >= 11 is 13.1. The van der Waals surface area contributed by atoms with Crippen molar-refractivity contribution in [2.45, 2.75) is 17.9 Å². The average Bonchev–Trinajstić information content (AvgIpc) is 2.63. The SMILES string of the molecule is Cc1coc(SCc2ccc(Cl)nc2Cl)n1. The standard InChI is InChI=1S/C10H8Cl2N2OS/c1-6-4-15-10(13-6)16-5-7-2-3-8(11)14-9(7)12/h2-4H,5H2,1H3. The fourth-order valence-corrected chi connectivity index (χ4v) is 2.41. The summed E-state index contributed by atoms with van der Waals surface area (Å²) in [7, 11) is 0. The van der Waals surface area contributed by atoms with Gasteiger partial charge in [-0.05, 0) is 13.0 Å². The van der Waals surface area contributed by atoms with Crippen LogP contribution in [-0.4, -0.2) is 9.97 Å². The smallest absolute Gasteiger partial charge is 0.256 e. The molecule has 0 amide bonds. The molecule has 3 nitrogen and oxygen atoms in total. The summed E-state index contributed by atoms with van der Waals surface area (Å²) in [5.74, 6) is 0.656. The van der Waals surface area contributed by atoms with Gasteiger partial charge in [0.15, 0.2) is 0 Å². The molecule has 16 heavy (non-hydrogen) atoms. The van der Waals surface area contributed by atoms with Crippen molar-refractivity contribution in [3.63, 3.8) is 0 Å². The lowest BCUT2D eigenvalue weighted by Gasteiger charge is -2.01. The van der Waals surface area contributed by atoms with Gasteiger partial charge in [0, 0.05) is 11.3 Å². The van der Waals surface area contributed by atoms with Gasteiger partial charge in [-0.25, -0.2) is 9.97 Å². The van der Waals surface area contributed by atoms with Crippen molar-refractivity contribution < 1.29 is 4.42 Å². The lowest BCUT2D eigenvalue weighted by Crippen LogP contribution is -1.86. The summed E-state index contributed by atoms with van der Waals surface area (Å²) in [6, 6.07) is 3.56. The van der Waals surface area contributed by atoms with E-state index in [4.69, 9.17) is 27.6 Å². The van der Waals surface area contributed by atoms with Gasteiger partial charge in [-0.1, -0.05) is 41.0 Å². The van der Waals surface area contributed by atoms with Crippen LogP contribution in [0.3, 0.4) is 0 Å². The third-order valence-electron chi connectivity index (χ3n) is 1.84. The molecule has 0 radical (unpaired) electrons. The predicted octanol–water partition coefficient (Wildman–Crippen LogP) is 3.98. The Hall–Kier alpha value is -0.710. The van der Waals surface area contributed by atoms with E-state index >= 15 is 0 Å². The number of halogens is 2. The largest absolute Gasteiger partial charge is 0.440 e. The van der Waals surface area contributed by atoms with Crippen LogP contribution in [0.4, 0.5) is 0 Å². The number of thioether (sulfide) groups is 1. The molecule has 0 fully saturated rings. The van der Waals surface area contributed by atoms with Crippen LogP contribution in [0.25, 0.3) is 0 Å². The molecule has 2 aromatic rings. The van der Waals surface area contributed by atoms with Crippen LogP contribution in [0, 0.1) is 6.92 Å². The lowest BCUT2D eigenvalue weighted by atomic mass is 10.3. The first kappa shape index (κ1) is 11.8. The molecule has 0 aliphatic heterocycles. The average molecular weight is 275 g/mol. The molecule has 0 atom stereocenters. The molecule has 84 valence electrons. The molecule has 2 rings (SSSR count). The van der Waals surface area contributed by atoms with E-state index in [0.717, 1.165) is 11.3 Å². The Bertz CT molecular complexity index is 501. The maximum absolute atomic E-state index is 5.94. The van der Waals surface area contributed by atoms with Crippen molar-refractivity contribution in [2.75, 3.05) is 0 Å². The first-order valence-corrected chi connectivity index (χ1v) is 6.25. The van der Waals surface area contributed by atoms with E-state index in [0.29, 0.717) is 21.3 Å². The Labute approximate surface area is 107 Å². The molecule has 6 heteroatoms. The highest BCUT2D eigenvalue weighted by Gasteiger charge is 2.06. The first-order chi connectivity index (χ1) is 7.65. The maximum Gasteiger partial charge on any atom is 0.256 e. The second-order valence-corrected chi connectivity index (χ2v) is 4.80. The normalized spacial score (nSPS) is 10.7. The van der Waals surface area contributed by atoms with Crippen molar-refractivity contribution in [3.8, 4) is 0 Å². The van der Waals surface area contributed by atoms with Crippen molar-refractivity contribution in [2.24, 2.45) is 0 Å². The predicted molar refractivity (Wildman–Crippen MR) is 65.1 cm³/mol. The number of aromatic nitrogens is 2. The van der Waals surface area contributed by atoms with Crippen LogP contribution < -0.4 is 0 Å². The minimum Gasteiger partial charge on any atom is -0.440 e. The van der Waals surface area contributed by atoms with Gasteiger partial charge in [0.1, 0.15) is 16.6 Å². The molecule has 0 saturated carbocycles. The molecule has 0 aliphatic rings. The number of hydrogen-bond acceptors (Lipinski definition) is 4. The quantitative estimate of drug-likeness (QED) is 0.627. The molecule has 2 heterocycles. The molecule has 0 bridgehead atoms. The van der Waals surface area contributed by atoms with Gasteiger partial charge < -0.3 is 4.42 Å². The molecule has 0 aliphatic carbocycles. The summed E-state index contributed by atoms with van der Waals surface area (Å²) < 4.78 is 5.21. The van der Waals surface area contributed by atoms with Gasteiger partial charge in [-0.3, -0.25) is 0 Å². The van der Waals surface area contributed by atoms with Gasteiger partial charge in [0.05, 0.1) is 5.69 Å². The third-order valence-corrected chi connectivity index (χ3v) is 3.27. The van der Waals surface area contributed by atoms with Crippen molar-refractivity contribution in [1.82, 2.24) is 9.97 Å². The molecular weight excluding hydrogens is 267 g/mol. The first-order valence-electron chi connectivity index (χ1n) is 4.51. The highest BCUT2D eigenvalue weighted by Crippen LogP contribution is 2.26. The Morgan fingerprint density at radius 3 is 2.75 bits per heavy atom. The van der Waals surface area contributed by atoms with E-state index < -0.39 is 0 Å². The fourth-order valence-electron chi connectivity index (χ4n) is 1.09. The second-order valence-electron chi connectivity index (χ2n) is 3.13. The van der Waals surface area contributed by atoms with Crippen molar-refractivity contribution in [1.29, 1.82) is 0 Å². The number of aryl methyl sites for hydroxylation is 1. The van der Waals surface area contributed by atoms with E-state index in [9.17, 15) is 0 Å². The van der Waals surface area contributed by atoms with E-state index in [1.54, 1.807) is 12.3 Å². The van der Waals surface area contributed by atoms with Crippen LogP contribution in [0.15, 0.2) is 28.0 Å². The van der Waals surface area contributed by atoms with E-state index in [-0.39, 0.29) is 0 Å². The molecule has 2 aromatic heterocycles. The summed E-state index contributed by atoms with van der Waals surface area (Å²) in [6.07, 6.45) is 1.62. The molecular formula is C10H8Cl2N2OS. The zero-order valence-corrected chi connectivity index (χ0v) is 10.7. The molecule has 0 aromatic carbocycles. The van der Waals surface area contributed by atoms with Gasteiger partial charge >= 0.3 is 0 Å². The number of oxazole rings is 1. The zero-order chi connectivity index (χ0) is 11.5. The van der Waals surface area contributed by atoms with Crippen molar-refractivity contribution in [3.05, 3.63) is 40.0 Å². The minimum atomic E-state index is 0.394. The fraction of sp³-hybridized carbons (Fsp3) is 0.200. The Morgan fingerprint density at radius 1 is 1.31 bits per heavy atom. The van der Waals surface area contributed by atoms with E-state index in [1.807, 2.05) is 13.0 Å². The van der Waals surface area contributed by atoms with Crippen LogP contribution in [0.2, 0.25) is 10.3 Å². The number of pyridine rings is 1. The Kier molecular flexibility index (Phi) is 3.74. The molecule has 0 saturated heterocycles. The Morgan fingerprint density at radius 2 is 2.12 bits per heavy atom. The maximum atomic E-state index is 5.94. The van der Waals surface area contributed by atoms with Crippen LogP contribution in [0.5, 0.6) is 0 Å². The molecule has 0 N–H and O–H groups in total. The highest BCUT2D eigenvalue weighted by atomic mass is 35.5. The van der Waals surface area contributed by atoms with E-state index in [1.165, 1.54) is 11.8 Å². The summed E-state index contributed by atoms with van der Waals surface area (Å²) in [4.78, 5) is 8.14. The summed E-state index contributed by atoms with van der Waals surface area (Å²) in [5, 5.41) is 1.44. The van der Waals surface area contributed by atoms with Gasteiger partial charge in [0.25, 0.3) is 5.22 Å². The summed E-state index contributed by atoms with van der Waals surface area (Å²) in [5.41, 5.74) is 1.77. The van der Waals surface area contributed by atoms with Gasteiger partial charge in [0.2, 0.25) is 0 Å². The van der Waals surface area contributed by atoms with Crippen LogP contribution >= 0.6 is 35.0 Å². The lowest BCUT2D eigenvalue weighted by molar-refractivity contribution is 0.454.